The summed E-state index contributed by atoms with van der Waals surface area (Å²) in [5, 5.41) is 9.11. The summed E-state index contributed by atoms with van der Waals surface area (Å²) < 4.78 is 0. The third-order valence-electron chi connectivity index (χ3n) is 4.68. The van der Waals surface area contributed by atoms with Crippen LogP contribution in [-0.4, -0.2) is 23.4 Å². The van der Waals surface area contributed by atoms with Gasteiger partial charge >= 0.3 is 0 Å². The topological polar surface area (TPSA) is 44.1 Å². The van der Waals surface area contributed by atoms with Gasteiger partial charge in [-0.15, -0.1) is 0 Å². The molecule has 1 fully saturated rings. The Balaban J connectivity index is 1.80. The smallest absolute Gasteiger partial charge is 0.254 e. The van der Waals surface area contributed by atoms with E-state index in [1.807, 2.05) is 12.1 Å². The summed E-state index contributed by atoms with van der Waals surface area (Å²) in [6.45, 7) is 2.94. The van der Waals surface area contributed by atoms with E-state index >= 15 is 0 Å². The van der Waals surface area contributed by atoms with E-state index < -0.39 is 0 Å². The van der Waals surface area contributed by atoms with Crippen LogP contribution in [0.25, 0.3) is 0 Å². The van der Waals surface area contributed by atoms with Crippen molar-refractivity contribution < 1.29 is 4.79 Å². The number of unbranched alkanes of at least 4 members (excludes halogenated alkanes) is 5. The SMILES string of the molecule is CCCCCCCCc1ccc(C(=O)N2CCC[C@H]2C#N)cc1. The van der Waals surface area contributed by atoms with Gasteiger partial charge in [-0.25, -0.2) is 0 Å². The first-order valence-electron chi connectivity index (χ1n) is 9.05. The molecule has 1 aliphatic rings. The maximum atomic E-state index is 12.5. The van der Waals surface area contributed by atoms with Crippen molar-refractivity contribution in [1.82, 2.24) is 4.90 Å². The van der Waals surface area contributed by atoms with Crippen LogP contribution >= 0.6 is 0 Å². The molecule has 2 rings (SSSR count). The van der Waals surface area contributed by atoms with Gasteiger partial charge in [0.05, 0.1) is 6.07 Å². The minimum Gasteiger partial charge on any atom is -0.323 e. The van der Waals surface area contributed by atoms with Crippen LogP contribution in [0.2, 0.25) is 0 Å². The number of rotatable bonds is 8. The predicted molar refractivity (Wildman–Crippen MR) is 93.2 cm³/mol. The van der Waals surface area contributed by atoms with Crippen LogP contribution in [0.1, 0.15) is 74.2 Å². The fraction of sp³-hybridized carbons (Fsp3) is 0.600. The number of carbonyl (C=O) groups is 1. The maximum absolute atomic E-state index is 12.5. The highest BCUT2D eigenvalue weighted by Crippen LogP contribution is 2.20. The number of nitrogens with zero attached hydrogens (tertiary/aromatic N) is 2. The van der Waals surface area contributed by atoms with Crippen molar-refractivity contribution in [1.29, 1.82) is 5.26 Å². The molecule has 1 aromatic carbocycles. The molecule has 23 heavy (non-hydrogen) atoms. The number of hydrogen-bond acceptors (Lipinski definition) is 2. The van der Waals surface area contributed by atoms with E-state index in [4.69, 9.17) is 5.26 Å². The molecular formula is C20H28N2O. The second-order valence-electron chi connectivity index (χ2n) is 6.50. The normalized spacial score (nSPS) is 17.2. The lowest BCUT2D eigenvalue weighted by Crippen LogP contribution is -2.34. The molecule has 0 spiro atoms. The molecule has 3 heteroatoms. The number of aryl methyl sites for hydroxylation is 1. The predicted octanol–water partition coefficient (Wildman–Crippen LogP) is 4.72. The largest absolute Gasteiger partial charge is 0.323 e. The van der Waals surface area contributed by atoms with Gasteiger partial charge in [0, 0.05) is 12.1 Å². The lowest BCUT2D eigenvalue weighted by molar-refractivity contribution is 0.0765. The Labute approximate surface area is 140 Å². The standard InChI is InChI=1S/C20H28N2O/c1-2-3-4-5-6-7-9-17-11-13-18(14-12-17)20(23)22-15-8-10-19(22)16-21/h11-14,19H,2-10,15H2,1H3/t19-/m0/s1. The fourth-order valence-corrected chi connectivity index (χ4v) is 3.23. The highest BCUT2D eigenvalue weighted by molar-refractivity contribution is 5.94. The van der Waals surface area contributed by atoms with E-state index in [-0.39, 0.29) is 11.9 Å². The zero-order chi connectivity index (χ0) is 16.5. The van der Waals surface area contributed by atoms with E-state index in [1.54, 1.807) is 4.90 Å². The first kappa shape index (κ1) is 17.5. The van der Waals surface area contributed by atoms with E-state index in [2.05, 4.69) is 25.1 Å². The average molecular weight is 312 g/mol. The van der Waals surface area contributed by atoms with Crippen molar-refractivity contribution in [2.24, 2.45) is 0 Å². The molecule has 1 saturated heterocycles. The third-order valence-corrected chi connectivity index (χ3v) is 4.68. The van der Waals surface area contributed by atoms with Crippen LogP contribution in [0.4, 0.5) is 0 Å². The summed E-state index contributed by atoms with van der Waals surface area (Å²) in [6, 6.07) is 9.95. The lowest BCUT2D eigenvalue weighted by Gasteiger charge is -2.19. The molecule has 0 aromatic heterocycles. The number of carbonyl (C=O) groups excluding carboxylic acids is 1. The zero-order valence-electron chi connectivity index (χ0n) is 14.3. The minimum atomic E-state index is -0.245. The maximum Gasteiger partial charge on any atom is 0.254 e. The average Bonchev–Trinajstić information content (AvgIpc) is 3.06. The van der Waals surface area contributed by atoms with Crippen molar-refractivity contribution >= 4 is 5.91 Å². The van der Waals surface area contributed by atoms with Gasteiger partial charge in [0.1, 0.15) is 6.04 Å². The van der Waals surface area contributed by atoms with Gasteiger partial charge in [-0.05, 0) is 43.4 Å². The lowest BCUT2D eigenvalue weighted by atomic mass is 10.0. The van der Waals surface area contributed by atoms with Crippen molar-refractivity contribution in [3.05, 3.63) is 35.4 Å². The highest BCUT2D eigenvalue weighted by atomic mass is 16.2. The van der Waals surface area contributed by atoms with Gasteiger partial charge < -0.3 is 4.90 Å². The number of hydrogen-bond donors (Lipinski definition) is 0. The van der Waals surface area contributed by atoms with Gasteiger partial charge in [-0.3, -0.25) is 4.79 Å². The molecule has 3 nitrogen and oxygen atoms in total. The molecule has 1 atom stereocenters. The summed E-state index contributed by atoms with van der Waals surface area (Å²) in [4.78, 5) is 14.2. The first-order chi connectivity index (χ1) is 11.3. The van der Waals surface area contributed by atoms with Crippen LogP contribution in [0.5, 0.6) is 0 Å². The highest BCUT2D eigenvalue weighted by Gasteiger charge is 2.28. The summed E-state index contributed by atoms with van der Waals surface area (Å²) in [7, 11) is 0. The van der Waals surface area contributed by atoms with Crippen LogP contribution < -0.4 is 0 Å². The minimum absolute atomic E-state index is 0.000153. The van der Waals surface area contributed by atoms with Gasteiger partial charge in [0.15, 0.2) is 0 Å². The summed E-state index contributed by atoms with van der Waals surface area (Å²) in [6.07, 6.45) is 10.6. The molecule has 124 valence electrons. The molecule has 0 bridgehead atoms. The van der Waals surface area contributed by atoms with Gasteiger partial charge in [-0.1, -0.05) is 51.2 Å². The second kappa shape index (κ2) is 9.35. The quantitative estimate of drug-likeness (QED) is 0.652. The molecule has 0 radical (unpaired) electrons. The number of nitriles is 1. The molecular weight excluding hydrogens is 284 g/mol. The monoisotopic (exact) mass is 312 g/mol. The Morgan fingerprint density at radius 2 is 1.87 bits per heavy atom. The Hall–Kier alpha value is -1.82. The van der Waals surface area contributed by atoms with E-state index in [1.165, 1.54) is 44.1 Å². The Morgan fingerprint density at radius 3 is 2.57 bits per heavy atom. The van der Waals surface area contributed by atoms with Gasteiger partial charge in [0.2, 0.25) is 0 Å². The summed E-state index contributed by atoms with van der Waals surface area (Å²) in [5.74, 6) is 0.000153. The van der Waals surface area contributed by atoms with Gasteiger partial charge in [0.25, 0.3) is 5.91 Å². The van der Waals surface area contributed by atoms with Crippen molar-refractivity contribution in [3.63, 3.8) is 0 Å². The zero-order valence-corrected chi connectivity index (χ0v) is 14.3. The summed E-state index contributed by atoms with van der Waals surface area (Å²) in [5.41, 5.74) is 2.01. The van der Waals surface area contributed by atoms with Crippen LogP contribution in [0.15, 0.2) is 24.3 Å². The molecule has 1 aliphatic heterocycles. The second-order valence-corrected chi connectivity index (χ2v) is 6.50. The van der Waals surface area contributed by atoms with Crippen LogP contribution in [0.3, 0.4) is 0 Å². The molecule has 0 unspecified atom stereocenters. The molecule has 1 amide bonds. The van der Waals surface area contributed by atoms with Crippen molar-refractivity contribution in [2.75, 3.05) is 6.54 Å². The van der Waals surface area contributed by atoms with Crippen LogP contribution in [0, 0.1) is 11.3 Å². The summed E-state index contributed by atoms with van der Waals surface area (Å²) >= 11 is 0. The number of amides is 1. The third kappa shape index (κ3) is 5.10. The Bertz CT molecular complexity index is 530. The van der Waals surface area contributed by atoms with Crippen molar-refractivity contribution in [2.45, 2.75) is 70.8 Å². The van der Waals surface area contributed by atoms with Crippen LogP contribution in [-0.2, 0) is 6.42 Å². The number of likely N-dealkylation sites (tertiary alicyclic amines) is 1. The molecule has 0 saturated carbocycles. The molecule has 1 heterocycles. The fourth-order valence-electron chi connectivity index (χ4n) is 3.23. The molecule has 0 aliphatic carbocycles. The van der Waals surface area contributed by atoms with Gasteiger partial charge in [-0.2, -0.15) is 5.26 Å². The molecule has 0 N–H and O–H groups in total. The molecule has 1 aromatic rings. The van der Waals surface area contributed by atoms with E-state index in [9.17, 15) is 4.79 Å². The number of benzene rings is 1. The Kier molecular flexibility index (Phi) is 7.13. The first-order valence-corrected chi connectivity index (χ1v) is 9.05. The van der Waals surface area contributed by atoms with Crippen molar-refractivity contribution in [3.8, 4) is 6.07 Å². The van der Waals surface area contributed by atoms with E-state index in [0.29, 0.717) is 12.1 Å². The Morgan fingerprint density at radius 1 is 1.17 bits per heavy atom. The van der Waals surface area contributed by atoms with E-state index in [0.717, 1.165) is 19.3 Å².